The Kier molecular flexibility index (Phi) is 9.91. The third kappa shape index (κ3) is 7.13. The number of benzene rings is 10. The summed E-state index contributed by atoms with van der Waals surface area (Å²) in [6, 6.07) is 79.5. The van der Waals surface area contributed by atoms with Crippen LogP contribution in [-0.4, -0.2) is 19.5 Å². The van der Waals surface area contributed by atoms with Gasteiger partial charge in [-0.1, -0.05) is 194 Å². The molecule has 0 bridgehead atoms. The fourth-order valence-corrected chi connectivity index (χ4v) is 11.3. The van der Waals surface area contributed by atoms with Gasteiger partial charge in [-0.15, -0.1) is 0 Å². The molecule has 75 heavy (non-hydrogen) atoms. The van der Waals surface area contributed by atoms with Crippen molar-refractivity contribution in [1.82, 2.24) is 19.5 Å². The van der Waals surface area contributed by atoms with Crippen LogP contribution < -0.4 is 0 Å². The first-order valence-electron chi connectivity index (χ1n) is 25.6. The molecule has 15 rings (SSSR count). The Morgan fingerprint density at radius 1 is 0.347 bits per heavy atom. The van der Waals surface area contributed by atoms with Crippen LogP contribution in [0.3, 0.4) is 0 Å². The summed E-state index contributed by atoms with van der Waals surface area (Å²) in [4.78, 5) is 15.8. The van der Waals surface area contributed by atoms with Crippen LogP contribution in [0.2, 0.25) is 0 Å². The number of hydrogen-bond donors (Lipinski definition) is 0. The number of fused-ring (bicyclic) bond motifs is 11. The molecular formula is C69H44N4O2. The van der Waals surface area contributed by atoms with Gasteiger partial charge >= 0.3 is 0 Å². The lowest BCUT2D eigenvalue weighted by Gasteiger charge is -2.21. The molecule has 0 atom stereocenters. The lowest BCUT2D eigenvalue weighted by atomic mass is 9.91. The van der Waals surface area contributed by atoms with Gasteiger partial charge in [0.2, 0.25) is 0 Å². The quantitative estimate of drug-likeness (QED) is 0.152. The van der Waals surface area contributed by atoms with Gasteiger partial charge in [0.15, 0.2) is 17.5 Å². The highest BCUT2D eigenvalue weighted by atomic mass is 16.3. The topological polar surface area (TPSA) is 69.9 Å². The maximum Gasteiger partial charge on any atom is 0.164 e. The highest BCUT2D eigenvalue weighted by molar-refractivity contribution is 6.29. The molecule has 352 valence electrons. The number of para-hydroxylation sites is 2. The van der Waals surface area contributed by atoms with Gasteiger partial charge < -0.3 is 13.4 Å². The van der Waals surface area contributed by atoms with Crippen molar-refractivity contribution in [2.24, 2.45) is 0 Å². The molecule has 0 saturated carbocycles. The average molecular weight is 961 g/mol. The first kappa shape index (κ1) is 42.7. The van der Waals surface area contributed by atoms with E-state index in [1.807, 2.05) is 30.3 Å². The summed E-state index contributed by atoms with van der Waals surface area (Å²) >= 11 is 0. The molecule has 14 aromatic rings. The summed E-state index contributed by atoms with van der Waals surface area (Å²) in [6.45, 7) is 0. The fraction of sp³-hybridized carbons (Fsp3) is 0.0290. The van der Waals surface area contributed by atoms with Gasteiger partial charge in [0.05, 0.1) is 27.5 Å². The summed E-state index contributed by atoms with van der Waals surface area (Å²) < 4.78 is 16.1. The van der Waals surface area contributed by atoms with Crippen LogP contribution in [0.5, 0.6) is 0 Å². The molecule has 0 N–H and O–H groups in total. The van der Waals surface area contributed by atoms with Crippen LogP contribution in [-0.2, 0) is 0 Å². The van der Waals surface area contributed by atoms with E-state index in [9.17, 15) is 0 Å². The van der Waals surface area contributed by atoms with Crippen LogP contribution in [0.1, 0.15) is 18.7 Å². The van der Waals surface area contributed by atoms with Gasteiger partial charge in [-0.05, 0) is 94.8 Å². The minimum atomic E-state index is 0.595. The van der Waals surface area contributed by atoms with Gasteiger partial charge in [-0.25, -0.2) is 15.0 Å². The molecule has 0 amide bonds. The zero-order valence-corrected chi connectivity index (χ0v) is 40.6. The maximum absolute atomic E-state index is 7.05. The average Bonchev–Trinajstić information content (AvgIpc) is 4.26. The van der Waals surface area contributed by atoms with Crippen molar-refractivity contribution in [2.75, 3.05) is 0 Å². The molecule has 0 aliphatic heterocycles. The largest absolute Gasteiger partial charge is 0.455 e. The van der Waals surface area contributed by atoms with E-state index in [-0.39, 0.29) is 0 Å². The Morgan fingerprint density at radius 2 is 0.867 bits per heavy atom. The van der Waals surface area contributed by atoms with E-state index < -0.39 is 0 Å². The number of allylic oxidation sites excluding steroid dienone is 4. The van der Waals surface area contributed by atoms with Crippen molar-refractivity contribution in [3.05, 3.63) is 249 Å². The number of hydrogen-bond acceptors (Lipinski definition) is 5. The Balaban J connectivity index is 1.05. The van der Waals surface area contributed by atoms with Crippen molar-refractivity contribution in [2.45, 2.75) is 12.8 Å². The fourth-order valence-electron chi connectivity index (χ4n) is 11.3. The third-order valence-electron chi connectivity index (χ3n) is 14.9. The molecule has 6 heteroatoms. The Hall–Kier alpha value is -9.91. The highest BCUT2D eigenvalue weighted by Gasteiger charge is 2.26. The summed E-state index contributed by atoms with van der Waals surface area (Å²) in [5.74, 6) is 1.87. The number of aromatic nitrogens is 4. The summed E-state index contributed by atoms with van der Waals surface area (Å²) in [5.41, 5.74) is 17.9. The normalized spacial score (nSPS) is 12.7. The van der Waals surface area contributed by atoms with Crippen molar-refractivity contribution in [3.8, 4) is 73.0 Å². The molecule has 6 nitrogen and oxygen atoms in total. The van der Waals surface area contributed by atoms with Gasteiger partial charge in [0.25, 0.3) is 0 Å². The second kappa shape index (κ2) is 17.4. The van der Waals surface area contributed by atoms with E-state index in [0.29, 0.717) is 17.5 Å². The summed E-state index contributed by atoms with van der Waals surface area (Å²) in [6.07, 6.45) is 8.49. The van der Waals surface area contributed by atoms with Crippen molar-refractivity contribution < 1.29 is 8.83 Å². The molecular weight excluding hydrogens is 917 g/mol. The second-order valence-electron chi connectivity index (χ2n) is 19.3. The molecule has 0 unspecified atom stereocenters. The van der Waals surface area contributed by atoms with E-state index in [0.717, 1.165) is 145 Å². The Labute approximate surface area is 431 Å². The molecule has 1 aliphatic carbocycles. The minimum Gasteiger partial charge on any atom is -0.455 e. The Morgan fingerprint density at radius 3 is 1.52 bits per heavy atom. The highest BCUT2D eigenvalue weighted by Crippen LogP contribution is 2.48. The van der Waals surface area contributed by atoms with Crippen molar-refractivity contribution in [3.63, 3.8) is 0 Å². The van der Waals surface area contributed by atoms with Gasteiger partial charge in [-0.3, -0.25) is 0 Å². The molecule has 4 heterocycles. The van der Waals surface area contributed by atoms with Gasteiger partial charge in [-0.2, -0.15) is 0 Å². The number of rotatable bonds is 8. The van der Waals surface area contributed by atoms with E-state index in [4.69, 9.17) is 23.8 Å². The van der Waals surface area contributed by atoms with Crippen molar-refractivity contribution in [1.29, 1.82) is 0 Å². The smallest absolute Gasteiger partial charge is 0.164 e. The summed E-state index contributed by atoms with van der Waals surface area (Å²) in [7, 11) is 0. The Bertz CT molecular complexity index is 4500. The minimum absolute atomic E-state index is 0.595. The lowest BCUT2D eigenvalue weighted by Crippen LogP contribution is -2.05. The standard InChI is InChI=1S/C69H44N4O2/c1-5-17-43(18-6-1)45-29-33-47(34-30-45)56-41-51(69-71-67(49-21-9-3-10-22-49)70-68(72-69)50-23-11-4-12-24-50)42-57(48-35-31-46(32-36-48)44-19-7-2-8-20-44)64(56)73-58-27-15-13-26-54(58)62-59(73)39-37-55-63-61(75-66(55)62)40-38-53-52-25-14-16-28-60(52)74-65(53)63/h1-3,5-11,13-42H,4,12H2. The number of furan rings is 2. The van der Waals surface area contributed by atoms with Gasteiger partial charge in [0.1, 0.15) is 22.3 Å². The lowest BCUT2D eigenvalue weighted by molar-refractivity contribution is 0.665. The van der Waals surface area contributed by atoms with Crippen LogP contribution >= 0.6 is 0 Å². The molecule has 0 radical (unpaired) electrons. The molecule has 1 aliphatic rings. The van der Waals surface area contributed by atoms with Crippen LogP contribution in [0.15, 0.2) is 252 Å². The first-order valence-corrected chi connectivity index (χ1v) is 25.6. The zero-order chi connectivity index (χ0) is 49.4. The van der Waals surface area contributed by atoms with E-state index in [2.05, 4.69) is 217 Å². The van der Waals surface area contributed by atoms with E-state index >= 15 is 0 Å². The first-order chi connectivity index (χ1) is 37.2. The number of nitrogens with zero attached hydrogens (tertiary/aromatic N) is 4. The van der Waals surface area contributed by atoms with Crippen molar-refractivity contribution >= 4 is 71.3 Å². The van der Waals surface area contributed by atoms with Crippen LogP contribution in [0.4, 0.5) is 0 Å². The predicted octanol–water partition coefficient (Wildman–Crippen LogP) is 18.5. The van der Waals surface area contributed by atoms with Crippen LogP contribution in [0, 0.1) is 0 Å². The van der Waals surface area contributed by atoms with Gasteiger partial charge in [0, 0.05) is 49.4 Å². The maximum atomic E-state index is 7.05. The monoisotopic (exact) mass is 960 g/mol. The predicted molar refractivity (Wildman–Crippen MR) is 308 cm³/mol. The van der Waals surface area contributed by atoms with E-state index in [1.165, 1.54) is 0 Å². The molecule has 10 aromatic carbocycles. The second-order valence-corrected chi connectivity index (χ2v) is 19.3. The van der Waals surface area contributed by atoms with Crippen LogP contribution in [0.25, 0.3) is 144 Å². The molecule has 0 saturated heterocycles. The zero-order valence-electron chi connectivity index (χ0n) is 40.6. The molecule has 0 spiro atoms. The molecule has 4 aromatic heterocycles. The summed E-state index contributed by atoms with van der Waals surface area (Å²) in [5, 5.41) is 6.27. The SMILES string of the molecule is C1=CC(c2nc(-c3ccccc3)nc(-c3cc(-c4ccc(-c5ccccc5)cc4)c(-n4c5ccccc5c5c6oc7ccc8c9ccccc9oc8c7c6ccc54)c(-c4ccc(-c5ccccc5)cc4)c3)n2)=CCC1. The van der Waals surface area contributed by atoms with E-state index in [1.54, 1.807) is 0 Å². The molecule has 0 fully saturated rings. The third-order valence-corrected chi connectivity index (χ3v) is 14.9.